The van der Waals surface area contributed by atoms with Gasteiger partial charge < -0.3 is 10.6 Å². The molecule has 0 bridgehead atoms. The summed E-state index contributed by atoms with van der Waals surface area (Å²) in [5, 5.41) is 14.8. The Kier molecular flexibility index (Phi) is 4.78. The van der Waals surface area contributed by atoms with Crippen molar-refractivity contribution in [2.75, 3.05) is 17.7 Å². The second-order valence-corrected chi connectivity index (χ2v) is 5.38. The van der Waals surface area contributed by atoms with Crippen LogP contribution in [0.4, 0.5) is 11.5 Å². The summed E-state index contributed by atoms with van der Waals surface area (Å²) in [6.45, 7) is 0. The van der Waals surface area contributed by atoms with Crippen molar-refractivity contribution in [3.8, 4) is 6.07 Å². The summed E-state index contributed by atoms with van der Waals surface area (Å²) in [5.74, 6) is 0.118. The van der Waals surface area contributed by atoms with E-state index < -0.39 is 5.91 Å². The van der Waals surface area contributed by atoms with Crippen molar-refractivity contribution in [1.82, 2.24) is 4.98 Å². The molecule has 1 amide bonds. The van der Waals surface area contributed by atoms with Crippen LogP contribution in [0.2, 0.25) is 5.02 Å². The fourth-order valence-electron chi connectivity index (χ4n) is 1.66. The van der Waals surface area contributed by atoms with Gasteiger partial charge in [-0.15, -0.1) is 0 Å². The number of nitrogens with zero attached hydrogens (tertiary/aromatic N) is 2. The third kappa shape index (κ3) is 3.51. The van der Waals surface area contributed by atoms with Gasteiger partial charge in [0, 0.05) is 17.7 Å². The van der Waals surface area contributed by atoms with Gasteiger partial charge >= 0.3 is 0 Å². The first-order valence-corrected chi connectivity index (χ1v) is 7.06. The molecule has 21 heavy (non-hydrogen) atoms. The van der Waals surface area contributed by atoms with Crippen molar-refractivity contribution >= 4 is 44.9 Å². The first kappa shape index (κ1) is 15.3. The number of nitriles is 1. The third-order valence-corrected chi connectivity index (χ3v) is 3.50. The van der Waals surface area contributed by atoms with Crippen molar-refractivity contribution in [2.45, 2.75) is 0 Å². The fourth-order valence-corrected chi connectivity index (χ4v) is 2.21. The molecule has 1 aromatic carbocycles. The summed E-state index contributed by atoms with van der Waals surface area (Å²) in [6, 6.07) is 8.57. The van der Waals surface area contributed by atoms with E-state index in [9.17, 15) is 4.79 Å². The summed E-state index contributed by atoms with van der Waals surface area (Å²) in [4.78, 5) is 16.3. The highest BCUT2D eigenvalue weighted by Gasteiger charge is 2.14. The van der Waals surface area contributed by atoms with Crippen molar-refractivity contribution in [2.24, 2.45) is 0 Å². The van der Waals surface area contributed by atoms with Crippen molar-refractivity contribution in [3.63, 3.8) is 0 Å². The molecule has 0 aliphatic heterocycles. The van der Waals surface area contributed by atoms with Gasteiger partial charge in [-0.3, -0.25) is 4.79 Å². The smallest absolute Gasteiger partial charge is 0.257 e. The molecule has 2 N–H and O–H groups in total. The first-order valence-electron chi connectivity index (χ1n) is 5.89. The summed E-state index contributed by atoms with van der Waals surface area (Å²) in [7, 11) is 1.69. The number of hydrogen-bond donors (Lipinski definition) is 2. The van der Waals surface area contributed by atoms with E-state index in [1.165, 1.54) is 6.20 Å². The fraction of sp³-hybridized carbons (Fsp3) is 0.0714. The van der Waals surface area contributed by atoms with Crippen molar-refractivity contribution in [3.05, 3.63) is 51.1 Å². The number of nitrogens with one attached hydrogen (secondary N) is 2. The predicted molar refractivity (Wildman–Crippen MR) is 85.6 cm³/mol. The predicted octanol–water partition coefficient (Wildman–Crippen LogP) is 3.66. The van der Waals surface area contributed by atoms with Gasteiger partial charge in [0.05, 0.1) is 21.8 Å². The number of rotatable bonds is 3. The number of benzene rings is 1. The maximum absolute atomic E-state index is 12.3. The van der Waals surface area contributed by atoms with Crippen molar-refractivity contribution in [1.29, 1.82) is 5.26 Å². The molecule has 0 radical (unpaired) electrons. The zero-order chi connectivity index (χ0) is 15.4. The van der Waals surface area contributed by atoms with Crippen LogP contribution in [0, 0.1) is 11.3 Å². The molecule has 0 saturated carbocycles. The maximum Gasteiger partial charge on any atom is 0.257 e. The number of pyridine rings is 1. The lowest BCUT2D eigenvalue weighted by atomic mass is 10.1. The molecule has 1 heterocycles. The number of aromatic nitrogens is 1. The number of carbonyl (C=O) groups excluding carboxylic acids is 1. The molecular formula is C14H10BrClN4O. The largest absolute Gasteiger partial charge is 0.373 e. The average Bonchev–Trinajstić information content (AvgIpc) is 2.48. The van der Waals surface area contributed by atoms with Gasteiger partial charge in [0.15, 0.2) is 0 Å². The Morgan fingerprint density at radius 2 is 2.19 bits per heavy atom. The van der Waals surface area contributed by atoms with E-state index in [0.29, 0.717) is 17.1 Å². The summed E-state index contributed by atoms with van der Waals surface area (Å²) >= 11 is 9.30. The molecule has 0 unspecified atom stereocenters. The van der Waals surface area contributed by atoms with E-state index in [-0.39, 0.29) is 10.6 Å². The molecule has 106 valence electrons. The molecule has 0 spiro atoms. The molecule has 0 atom stereocenters. The molecule has 7 heteroatoms. The quantitative estimate of drug-likeness (QED) is 0.870. The van der Waals surface area contributed by atoms with Gasteiger partial charge in [-0.05, 0) is 24.3 Å². The molecule has 2 rings (SSSR count). The van der Waals surface area contributed by atoms with Crippen LogP contribution in [-0.2, 0) is 0 Å². The van der Waals surface area contributed by atoms with Crippen LogP contribution in [0.25, 0.3) is 0 Å². The number of halogens is 2. The minimum absolute atomic E-state index is 0.236. The zero-order valence-electron chi connectivity index (χ0n) is 10.9. The Labute approximate surface area is 135 Å². The van der Waals surface area contributed by atoms with Crippen LogP contribution >= 0.6 is 27.5 Å². The molecule has 1 aromatic heterocycles. The normalized spacial score (nSPS) is 9.81. The maximum atomic E-state index is 12.3. The lowest BCUT2D eigenvalue weighted by Crippen LogP contribution is -2.14. The van der Waals surface area contributed by atoms with Gasteiger partial charge in [0.2, 0.25) is 0 Å². The molecule has 0 aliphatic rings. The van der Waals surface area contributed by atoms with Crippen LogP contribution in [0.5, 0.6) is 0 Å². The summed E-state index contributed by atoms with van der Waals surface area (Å²) in [6.07, 6.45) is 1.40. The highest BCUT2D eigenvalue weighted by atomic mass is 79.9. The van der Waals surface area contributed by atoms with Crippen LogP contribution in [0.3, 0.4) is 0 Å². The standard InChI is InChI=1S/C14H10BrClN4O/c1-18-13-5-10(11(16)7-19-13)14(21)20-12-4-9(15)3-2-8(12)6-17/h2-5,7H,1H3,(H,18,19)(H,20,21). The monoisotopic (exact) mass is 364 g/mol. The molecule has 0 fully saturated rings. The van der Waals surface area contributed by atoms with Crippen molar-refractivity contribution < 1.29 is 4.79 Å². The van der Waals surface area contributed by atoms with Crippen LogP contribution in [0.15, 0.2) is 34.9 Å². The highest BCUT2D eigenvalue weighted by Crippen LogP contribution is 2.23. The molecule has 0 saturated heterocycles. The van der Waals surface area contributed by atoms with Gasteiger partial charge in [-0.25, -0.2) is 4.98 Å². The molecule has 0 aliphatic carbocycles. The molecular weight excluding hydrogens is 356 g/mol. The Morgan fingerprint density at radius 1 is 1.43 bits per heavy atom. The van der Waals surface area contributed by atoms with Crippen LogP contribution < -0.4 is 10.6 Å². The third-order valence-electron chi connectivity index (χ3n) is 2.71. The summed E-state index contributed by atoms with van der Waals surface area (Å²) in [5.41, 5.74) is 1.06. The van der Waals surface area contributed by atoms with E-state index >= 15 is 0 Å². The topological polar surface area (TPSA) is 77.8 Å². The Morgan fingerprint density at radius 3 is 2.86 bits per heavy atom. The van der Waals surface area contributed by atoms with Crippen LogP contribution in [-0.4, -0.2) is 17.9 Å². The van der Waals surface area contributed by atoms with E-state index in [1.807, 2.05) is 6.07 Å². The summed E-state index contributed by atoms with van der Waals surface area (Å²) < 4.78 is 0.758. The van der Waals surface area contributed by atoms with E-state index in [2.05, 4.69) is 31.5 Å². The van der Waals surface area contributed by atoms with Gasteiger partial charge in [0.1, 0.15) is 11.9 Å². The number of carbonyl (C=O) groups is 1. The van der Waals surface area contributed by atoms with Gasteiger partial charge in [0.25, 0.3) is 5.91 Å². The Balaban J connectivity index is 2.35. The number of amides is 1. The van der Waals surface area contributed by atoms with Gasteiger partial charge in [-0.2, -0.15) is 5.26 Å². The SMILES string of the molecule is CNc1cc(C(=O)Nc2cc(Br)ccc2C#N)c(Cl)cn1. The van der Waals surface area contributed by atoms with E-state index in [4.69, 9.17) is 16.9 Å². The minimum atomic E-state index is -0.409. The minimum Gasteiger partial charge on any atom is -0.373 e. The second-order valence-electron chi connectivity index (χ2n) is 4.06. The molecule has 5 nitrogen and oxygen atoms in total. The Hall–Kier alpha value is -2.10. The second kappa shape index (κ2) is 6.57. The first-order chi connectivity index (χ1) is 10.0. The Bertz CT molecular complexity index is 742. The van der Waals surface area contributed by atoms with E-state index in [1.54, 1.807) is 31.3 Å². The number of anilines is 2. The van der Waals surface area contributed by atoms with Gasteiger partial charge in [-0.1, -0.05) is 27.5 Å². The van der Waals surface area contributed by atoms with Crippen LogP contribution in [0.1, 0.15) is 15.9 Å². The zero-order valence-corrected chi connectivity index (χ0v) is 13.3. The number of hydrogen-bond acceptors (Lipinski definition) is 4. The highest BCUT2D eigenvalue weighted by molar-refractivity contribution is 9.10. The average molecular weight is 366 g/mol. The molecule has 2 aromatic rings. The van der Waals surface area contributed by atoms with E-state index in [0.717, 1.165) is 4.47 Å². The lowest BCUT2D eigenvalue weighted by molar-refractivity contribution is 0.102. The lowest BCUT2D eigenvalue weighted by Gasteiger charge is -2.09.